The molecule has 2 atom stereocenters. The summed E-state index contributed by atoms with van der Waals surface area (Å²) < 4.78 is 4.64. The van der Waals surface area contributed by atoms with E-state index in [1.807, 2.05) is 0 Å². The molecule has 0 N–H and O–H groups in total. The van der Waals surface area contributed by atoms with Gasteiger partial charge in [0.15, 0.2) is 0 Å². The van der Waals surface area contributed by atoms with Crippen molar-refractivity contribution in [2.75, 3.05) is 7.11 Å². The average molecular weight is 395 g/mol. The van der Waals surface area contributed by atoms with Crippen LogP contribution in [0.2, 0.25) is 0 Å². The van der Waals surface area contributed by atoms with Crippen LogP contribution in [0.25, 0.3) is 0 Å². The van der Waals surface area contributed by atoms with Gasteiger partial charge in [-0.05, 0) is 19.3 Å². The molecule has 2 nitrogen and oxygen atoms in total. The summed E-state index contributed by atoms with van der Waals surface area (Å²) in [5.41, 5.74) is 0. The van der Waals surface area contributed by atoms with E-state index in [9.17, 15) is 4.79 Å². The standard InChI is InChI=1S/C21H40Cl2O2/c1-3-4-5-6-10-13-16-19(22)20(23)17-14-11-8-7-9-12-15-18-21(24)25-2/h19-20H,3-18H2,1-2H3. The average Bonchev–Trinajstić information content (AvgIpc) is 2.62. The van der Waals surface area contributed by atoms with Crippen molar-refractivity contribution in [3.05, 3.63) is 0 Å². The molecule has 0 saturated carbocycles. The summed E-state index contributed by atoms with van der Waals surface area (Å²) >= 11 is 12.9. The Morgan fingerprint density at radius 3 is 1.56 bits per heavy atom. The van der Waals surface area contributed by atoms with Crippen LogP contribution in [0.4, 0.5) is 0 Å². The number of esters is 1. The van der Waals surface area contributed by atoms with Gasteiger partial charge in [-0.2, -0.15) is 0 Å². The van der Waals surface area contributed by atoms with Crippen LogP contribution in [0.15, 0.2) is 0 Å². The summed E-state index contributed by atoms with van der Waals surface area (Å²) in [7, 11) is 1.45. The van der Waals surface area contributed by atoms with Crippen LogP contribution in [0.1, 0.15) is 110 Å². The minimum Gasteiger partial charge on any atom is -0.469 e. The zero-order chi connectivity index (χ0) is 18.8. The third kappa shape index (κ3) is 17.2. The van der Waals surface area contributed by atoms with Gasteiger partial charge in [0.1, 0.15) is 0 Å². The lowest BCUT2D eigenvalue weighted by Crippen LogP contribution is -2.14. The van der Waals surface area contributed by atoms with E-state index >= 15 is 0 Å². The molecule has 0 bridgehead atoms. The van der Waals surface area contributed by atoms with Gasteiger partial charge in [-0.25, -0.2) is 0 Å². The largest absolute Gasteiger partial charge is 0.469 e. The van der Waals surface area contributed by atoms with E-state index in [1.54, 1.807) is 0 Å². The SMILES string of the molecule is CCCCCCCCC(Cl)C(Cl)CCCCCCCCCC(=O)OC. The van der Waals surface area contributed by atoms with Crippen LogP contribution in [0.5, 0.6) is 0 Å². The van der Waals surface area contributed by atoms with Crippen molar-refractivity contribution in [1.29, 1.82) is 0 Å². The van der Waals surface area contributed by atoms with E-state index in [0.717, 1.165) is 25.7 Å². The van der Waals surface area contributed by atoms with Gasteiger partial charge in [-0.1, -0.05) is 84.0 Å². The number of ether oxygens (including phenoxy) is 1. The summed E-state index contributed by atoms with van der Waals surface area (Å²) in [6, 6.07) is 0. The van der Waals surface area contributed by atoms with Gasteiger partial charge in [-0.3, -0.25) is 4.79 Å². The summed E-state index contributed by atoms with van der Waals surface area (Å²) in [4.78, 5) is 11.0. The molecule has 0 fully saturated rings. The molecule has 0 saturated heterocycles. The fourth-order valence-electron chi connectivity index (χ4n) is 3.08. The van der Waals surface area contributed by atoms with Crippen molar-refractivity contribution in [3.8, 4) is 0 Å². The molecule has 0 heterocycles. The predicted octanol–water partition coefficient (Wildman–Crippen LogP) is 7.64. The Morgan fingerprint density at radius 2 is 1.12 bits per heavy atom. The first-order valence-corrected chi connectivity index (χ1v) is 11.3. The van der Waals surface area contributed by atoms with Gasteiger partial charge >= 0.3 is 5.97 Å². The maximum Gasteiger partial charge on any atom is 0.305 e. The zero-order valence-corrected chi connectivity index (χ0v) is 18.1. The molecule has 2 unspecified atom stereocenters. The molecule has 0 aromatic rings. The lowest BCUT2D eigenvalue weighted by molar-refractivity contribution is -0.140. The van der Waals surface area contributed by atoms with Gasteiger partial charge in [0.05, 0.1) is 7.11 Å². The van der Waals surface area contributed by atoms with Crippen molar-refractivity contribution in [2.45, 2.75) is 120 Å². The molecule has 0 amide bonds. The van der Waals surface area contributed by atoms with Crippen molar-refractivity contribution in [3.63, 3.8) is 0 Å². The second-order valence-corrected chi connectivity index (χ2v) is 8.30. The Labute approximate surface area is 166 Å². The molecular weight excluding hydrogens is 355 g/mol. The Kier molecular flexibility index (Phi) is 18.9. The minimum atomic E-state index is -0.0928. The highest BCUT2D eigenvalue weighted by atomic mass is 35.5. The minimum absolute atomic E-state index is 0.0928. The molecule has 0 aromatic carbocycles. The number of halogens is 2. The molecule has 0 rings (SSSR count). The zero-order valence-electron chi connectivity index (χ0n) is 16.5. The van der Waals surface area contributed by atoms with Gasteiger partial charge in [0, 0.05) is 17.2 Å². The molecule has 0 aliphatic heterocycles. The van der Waals surface area contributed by atoms with E-state index < -0.39 is 0 Å². The highest BCUT2D eigenvalue weighted by Crippen LogP contribution is 2.23. The Hall–Kier alpha value is 0.0500. The summed E-state index contributed by atoms with van der Waals surface area (Å²) in [6.07, 6.45) is 18.7. The van der Waals surface area contributed by atoms with Crippen LogP contribution in [0, 0.1) is 0 Å². The smallest absolute Gasteiger partial charge is 0.305 e. The third-order valence-electron chi connectivity index (χ3n) is 4.81. The fraction of sp³-hybridized carbons (Fsp3) is 0.952. The van der Waals surface area contributed by atoms with Crippen LogP contribution < -0.4 is 0 Å². The second-order valence-electron chi connectivity index (χ2n) is 7.18. The van der Waals surface area contributed by atoms with E-state index in [2.05, 4.69) is 11.7 Å². The molecule has 0 aliphatic carbocycles. The summed E-state index contributed by atoms with van der Waals surface area (Å²) in [6.45, 7) is 2.25. The summed E-state index contributed by atoms with van der Waals surface area (Å²) in [5, 5.41) is 0.253. The number of methoxy groups -OCH3 is 1. The van der Waals surface area contributed by atoms with Crippen LogP contribution in [0.3, 0.4) is 0 Å². The quantitative estimate of drug-likeness (QED) is 0.135. The van der Waals surface area contributed by atoms with Gasteiger partial charge < -0.3 is 4.74 Å². The van der Waals surface area contributed by atoms with E-state index in [4.69, 9.17) is 23.2 Å². The van der Waals surface area contributed by atoms with Crippen molar-refractivity contribution in [1.82, 2.24) is 0 Å². The lowest BCUT2D eigenvalue weighted by Gasteiger charge is -2.16. The molecule has 150 valence electrons. The number of carbonyl (C=O) groups excluding carboxylic acids is 1. The first-order chi connectivity index (χ1) is 12.1. The first-order valence-electron chi connectivity index (χ1n) is 10.5. The van der Waals surface area contributed by atoms with E-state index in [0.29, 0.717) is 6.42 Å². The number of rotatable bonds is 18. The normalized spacial score (nSPS) is 13.6. The van der Waals surface area contributed by atoms with Crippen molar-refractivity contribution >= 4 is 29.2 Å². The second kappa shape index (κ2) is 18.8. The third-order valence-corrected chi connectivity index (χ3v) is 5.99. The van der Waals surface area contributed by atoms with Gasteiger partial charge in [0.25, 0.3) is 0 Å². The fourth-order valence-corrected chi connectivity index (χ4v) is 3.64. The first kappa shape index (κ1) is 25.1. The molecule has 0 spiro atoms. The van der Waals surface area contributed by atoms with E-state index in [-0.39, 0.29) is 16.7 Å². The van der Waals surface area contributed by atoms with Gasteiger partial charge in [0.2, 0.25) is 0 Å². The maximum absolute atomic E-state index is 11.0. The topological polar surface area (TPSA) is 26.3 Å². The number of alkyl halides is 2. The van der Waals surface area contributed by atoms with E-state index in [1.165, 1.54) is 77.7 Å². The van der Waals surface area contributed by atoms with Crippen molar-refractivity contribution in [2.24, 2.45) is 0 Å². The molecule has 25 heavy (non-hydrogen) atoms. The monoisotopic (exact) mass is 394 g/mol. The molecule has 0 aliphatic rings. The van der Waals surface area contributed by atoms with Crippen LogP contribution >= 0.6 is 23.2 Å². The highest BCUT2D eigenvalue weighted by molar-refractivity contribution is 6.29. The number of unbranched alkanes of at least 4 members (excludes halogenated alkanes) is 11. The van der Waals surface area contributed by atoms with Crippen LogP contribution in [-0.2, 0) is 9.53 Å². The molecule has 4 heteroatoms. The van der Waals surface area contributed by atoms with Crippen molar-refractivity contribution < 1.29 is 9.53 Å². The highest BCUT2D eigenvalue weighted by Gasteiger charge is 2.15. The Balaban J connectivity index is 3.36. The summed E-state index contributed by atoms with van der Waals surface area (Å²) in [5.74, 6) is -0.0928. The number of hydrogen-bond acceptors (Lipinski definition) is 2. The Morgan fingerprint density at radius 1 is 0.720 bits per heavy atom. The maximum atomic E-state index is 11.0. The molecule has 0 radical (unpaired) electrons. The lowest BCUT2D eigenvalue weighted by atomic mass is 10.0. The number of hydrogen-bond donors (Lipinski definition) is 0. The van der Waals surface area contributed by atoms with Crippen LogP contribution in [-0.4, -0.2) is 23.8 Å². The molecular formula is C21H40Cl2O2. The number of carbonyl (C=O) groups is 1. The predicted molar refractivity (Wildman–Crippen MR) is 111 cm³/mol. The Bertz CT molecular complexity index is 298. The molecule has 0 aromatic heterocycles. The van der Waals surface area contributed by atoms with Gasteiger partial charge in [-0.15, -0.1) is 23.2 Å².